The van der Waals surface area contributed by atoms with Gasteiger partial charge in [0.2, 0.25) is 0 Å². The molecule has 4 aromatic rings. The molecule has 0 aliphatic heterocycles. The van der Waals surface area contributed by atoms with E-state index < -0.39 is 5.60 Å². The predicted molar refractivity (Wildman–Crippen MR) is 169 cm³/mol. The number of benzene rings is 2. The van der Waals surface area contributed by atoms with Crippen molar-refractivity contribution >= 4 is 52.4 Å². The van der Waals surface area contributed by atoms with Crippen LogP contribution in [0.5, 0.6) is 5.75 Å². The summed E-state index contributed by atoms with van der Waals surface area (Å²) in [6.07, 6.45) is 11.0. The molecule has 2 aromatic heterocycles. The van der Waals surface area contributed by atoms with E-state index >= 15 is 0 Å². The molecule has 2 atom stereocenters. The van der Waals surface area contributed by atoms with E-state index in [2.05, 4.69) is 22.0 Å². The van der Waals surface area contributed by atoms with Crippen LogP contribution in [0.3, 0.4) is 0 Å². The Labute approximate surface area is 271 Å². The van der Waals surface area contributed by atoms with Crippen molar-refractivity contribution in [1.82, 2.24) is 29.2 Å². The maximum absolute atomic E-state index is 12.3. The normalized spacial score (nSPS) is 14.8. The number of hydrogen-bond donors (Lipinski definition) is 1. The number of amides is 1. The highest BCUT2D eigenvalue weighted by Gasteiger charge is 2.44. The minimum atomic E-state index is -0.945. The third kappa shape index (κ3) is 8.86. The summed E-state index contributed by atoms with van der Waals surface area (Å²) in [5.74, 6) is 1.12. The van der Waals surface area contributed by atoms with Crippen molar-refractivity contribution < 1.29 is 14.6 Å². The maximum atomic E-state index is 12.3. The van der Waals surface area contributed by atoms with E-state index in [1.165, 1.54) is 30.1 Å². The van der Waals surface area contributed by atoms with Gasteiger partial charge < -0.3 is 14.7 Å². The van der Waals surface area contributed by atoms with Crippen LogP contribution in [0.25, 0.3) is 0 Å². The number of nitrogens with zero attached hydrogens (tertiary/aromatic N) is 6. The van der Waals surface area contributed by atoms with E-state index in [0.717, 1.165) is 12.0 Å². The minimum Gasteiger partial charge on any atom is -0.489 e. The maximum Gasteiger partial charge on any atom is 0.329 e. The molecule has 1 amide bonds. The predicted octanol–water partition coefficient (Wildman–Crippen LogP) is 7.47. The molecule has 0 saturated heterocycles. The molecule has 230 valence electrons. The summed E-state index contributed by atoms with van der Waals surface area (Å²) in [5, 5.41) is 17.2. The lowest BCUT2D eigenvalue weighted by molar-refractivity contribution is -0.0442. The number of hydrogen-bond acceptors (Lipinski definition) is 6. The second-order valence-electron chi connectivity index (χ2n) is 10.4. The summed E-state index contributed by atoms with van der Waals surface area (Å²) in [4.78, 5) is 21.9. The van der Waals surface area contributed by atoms with Crippen LogP contribution in [-0.4, -0.2) is 60.0 Å². The summed E-state index contributed by atoms with van der Waals surface area (Å²) in [6.45, 7) is 5.81. The average Bonchev–Trinajstić information content (AvgIpc) is 3.42. The molecule has 9 nitrogen and oxygen atoms in total. The van der Waals surface area contributed by atoms with Gasteiger partial charge in [-0.3, -0.25) is 4.57 Å². The van der Waals surface area contributed by atoms with E-state index in [9.17, 15) is 9.90 Å². The molecule has 2 aromatic carbocycles. The molecule has 2 unspecified atom stereocenters. The van der Waals surface area contributed by atoms with Crippen molar-refractivity contribution in [3.63, 3.8) is 0 Å². The molecule has 1 N–H and O–H groups in total. The zero-order valence-electron chi connectivity index (χ0n) is 23.9. The summed E-state index contributed by atoms with van der Waals surface area (Å²) >= 11 is 23.9. The lowest BCUT2D eigenvalue weighted by Crippen LogP contribution is -2.39. The number of aliphatic hydroxyl groups is 1. The molecule has 5 rings (SSSR count). The van der Waals surface area contributed by atoms with Crippen LogP contribution in [0.2, 0.25) is 20.1 Å². The third-order valence-corrected chi connectivity index (χ3v) is 8.39. The SMILES string of the molecule is CC(C1CC1)C(O)(Cn1cncn1)c1ccc(Cl)cc1.CCCN(CCOc1c(Cl)cc(Cl)cc1Cl)C(=O)n1ccnc1. The zero-order chi connectivity index (χ0) is 31.0. The fourth-order valence-electron chi connectivity index (χ4n) is 4.82. The fourth-order valence-corrected chi connectivity index (χ4v) is 5.87. The van der Waals surface area contributed by atoms with Gasteiger partial charge in [0.15, 0.2) is 5.75 Å². The first kappa shape index (κ1) is 33.1. The number of carbonyl (C=O) groups is 1. The highest BCUT2D eigenvalue weighted by atomic mass is 35.5. The summed E-state index contributed by atoms with van der Waals surface area (Å²) in [5.41, 5.74) is -0.0591. The highest BCUT2D eigenvalue weighted by molar-refractivity contribution is 6.40. The van der Waals surface area contributed by atoms with Gasteiger partial charge in [-0.05, 0) is 60.9 Å². The summed E-state index contributed by atoms with van der Waals surface area (Å²) in [7, 11) is 0. The van der Waals surface area contributed by atoms with Crippen LogP contribution < -0.4 is 4.74 Å². The standard InChI is InChI=1S/C15H16Cl3N3O2.C15H18ClN3O/c1-2-4-20(15(22)21-5-3-19-10-21)6-7-23-14-12(17)8-11(16)9-13(14)18;1-11(12-2-3-12)15(20,8-19-10-17-9-18-19)13-4-6-14(16)7-5-13/h3,5,8-10H,2,4,6-7H2,1H3;4-7,9-12,20H,2-3,8H2,1H3. The molecule has 0 radical (unpaired) electrons. The van der Waals surface area contributed by atoms with Gasteiger partial charge in [-0.15, -0.1) is 0 Å². The van der Waals surface area contributed by atoms with Crippen LogP contribution in [0.15, 0.2) is 67.8 Å². The highest BCUT2D eigenvalue weighted by Crippen LogP contribution is 2.46. The number of carbonyl (C=O) groups excluding carboxylic acids is 1. The first-order valence-electron chi connectivity index (χ1n) is 14.0. The summed E-state index contributed by atoms with van der Waals surface area (Å²) in [6, 6.07) is 10.4. The van der Waals surface area contributed by atoms with E-state index in [1.807, 2.05) is 31.2 Å². The van der Waals surface area contributed by atoms with Crippen molar-refractivity contribution in [2.45, 2.75) is 45.3 Å². The van der Waals surface area contributed by atoms with Crippen molar-refractivity contribution in [3.8, 4) is 5.75 Å². The van der Waals surface area contributed by atoms with Crippen molar-refractivity contribution in [3.05, 3.63) is 93.4 Å². The molecule has 0 bridgehead atoms. The van der Waals surface area contributed by atoms with E-state index in [4.69, 9.17) is 51.1 Å². The van der Waals surface area contributed by atoms with Gasteiger partial charge >= 0.3 is 6.03 Å². The third-order valence-electron chi connectivity index (χ3n) is 7.36. The number of imidazole rings is 1. The Hall–Kier alpha value is -2.82. The quantitative estimate of drug-likeness (QED) is 0.178. The Kier molecular flexibility index (Phi) is 11.7. The first-order valence-corrected chi connectivity index (χ1v) is 15.5. The lowest BCUT2D eigenvalue weighted by atomic mass is 9.79. The van der Waals surface area contributed by atoms with Crippen molar-refractivity contribution in [1.29, 1.82) is 0 Å². The molecule has 1 fully saturated rings. The average molecular weight is 668 g/mol. The second kappa shape index (κ2) is 15.3. The Morgan fingerprint density at radius 3 is 2.33 bits per heavy atom. The molecule has 1 aliphatic rings. The topological polar surface area (TPSA) is 98.3 Å². The van der Waals surface area contributed by atoms with Crippen molar-refractivity contribution in [2.75, 3.05) is 19.7 Å². The number of aromatic nitrogens is 5. The van der Waals surface area contributed by atoms with Crippen LogP contribution in [0, 0.1) is 11.8 Å². The Balaban J connectivity index is 0.000000198. The zero-order valence-corrected chi connectivity index (χ0v) is 26.9. The summed E-state index contributed by atoms with van der Waals surface area (Å²) < 4.78 is 8.74. The van der Waals surface area contributed by atoms with Gasteiger partial charge in [0.25, 0.3) is 0 Å². The Bertz CT molecular complexity index is 1430. The van der Waals surface area contributed by atoms with Gasteiger partial charge in [0.1, 0.15) is 31.2 Å². The molecule has 43 heavy (non-hydrogen) atoms. The first-order chi connectivity index (χ1) is 20.6. The molecular weight excluding hydrogens is 634 g/mol. The van der Waals surface area contributed by atoms with Crippen LogP contribution in [-0.2, 0) is 12.1 Å². The van der Waals surface area contributed by atoms with E-state index in [0.29, 0.717) is 51.4 Å². The van der Waals surface area contributed by atoms with Gasteiger partial charge in [0.05, 0.1) is 23.1 Å². The van der Waals surface area contributed by atoms with Crippen LogP contribution in [0.1, 0.15) is 38.7 Å². The lowest BCUT2D eigenvalue weighted by Gasteiger charge is -2.35. The van der Waals surface area contributed by atoms with E-state index in [-0.39, 0.29) is 18.6 Å². The smallest absolute Gasteiger partial charge is 0.329 e. The van der Waals surface area contributed by atoms with Gasteiger partial charge in [0, 0.05) is 29.0 Å². The molecule has 13 heteroatoms. The minimum absolute atomic E-state index is 0.152. The molecule has 1 aliphatic carbocycles. The molecule has 2 heterocycles. The Morgan fingerprint density at radius 2 is 1.77 bits per heavy atom. The Morgan fingerprint density at radius 1 is 1.07 bits per heavy atom. The largest absolute Gasteiger partial charge is 0.489 e. The second-order valence-corrected chi connectivity index (χ2v) is 12.1. The van der Waals surface area contributed by atoms with Gasteiger partial charge in [-0.1, -0.05) is 72.4 Å². The number of halogens is 4. The van der Waals surface area contributed by atoms with E-state index in [1.54, 1.807) is 40.4 Å². The molecule has 0 spiro atoms. The number of rotatable bonds is 11. The van der Waals surface area contributed by atoms with Gasteiger partial charge in [-0.2, -0.15) is 5.10 Å². The van der Waals surface area contributed by atoms with Crippen LogP contribution in [0.4, 0.5) is 4.79 Å². The van der Waals surface area contributed by atoms with Gasteiger partial charge in [-0.25, -0.2) is 19.4 Å². The molecular formula is C30H34Cl4N6O3. The fraction of sp³-hybridized carbons (Fsp3) is 0.400. The van der Waals surface area contributed by atoms with Crippen molar-refractivity contribution in [2.24, 2.45) is 11.8 Å². The number of ether oxygens (including phenoxy) is 1. The monoisotopic (exact) mass is 666 g/mol. The molecule has 1 saturated carbocycles. The van der Waals surface area contributed by atoms with Crippen LogP contribution >= 0.6 is 46.4 Å².